The molecule has 1 saturated heterocycles. The van der Waals surface area contributed by atoms with Gasteiger partial charge in [0.2, 0.25) is 11.8 Å². The molecule has 1 N–H and O–H groups in total. The third kappa shape index (κ3) is 2.35. The van der Waals surface area contributed by atoms with Crippen LogP contribution in [0.4, 0.5) is 4.79 Å². The predicted molar refractivity (Wildman–Crippen MR) is 76.7 cm³/mol. The number of hydrogen-bond donors (Lipinski definition) is 1. The Labute approximate surface area is 126 Å². The van der Waals surface area contributed by atoms with Gasteiger partial charge in [-0.05, 0) is 19.8 Å². The molecule has 7 heteroatoms. The number of aryl methyl sites for hydroxylation is 1. The van der Waals surface area contributed by atoms with Crippen LogP contribution in [0.1, 0.15) is 36.4 Å². The highest BCUT2D eigenvalue weighted by Crippen LogP contribution is 2.41. The van der Waals surface area contributed by atoms with Crippen LogP contribution in [0.2, 0.25) is 0 Å². The van der Waals surface area contributed by atoms with Gasteiger partial charge in [-0.2, -0.15) is 0 Å². The molecule has 3 rings (SSSR count). The number of thiazole rings is 1. The number of imide groups is 2. The molecule has 1 spiro atoms. The number of aromatic nitrogens is 1. The predicted octanol–water partition coefficient (Wildman–Crippen LogP) is 1.63. The molecule has 21 heavy (non-hydrogen) atoms. The normalized spacial score (nSPS) is 21.2. The molecule has 1 saturated carbocycles. The fourth-order valence-electron chi connectivity index (χ4n) is 3.10. The number of rotatable bonds is 3. The van der Waals surface area contributed by atoms with Gasteiger partial charge in [-0.25, -0.2) is 9.78 Å². The van der Waals surface area contributed by atoms with Gasteiger partial charge >= 0.3 is 6.03 Å². The average Bonchev–Trinajstić information content (AvgIpc) is 3.07. The number of carbonyl (C=O) groups excluding carboxylic acids is 3. The highest BCUT2D eigenvalue weighted by molar-refractivity contribution is 7.09. The molecule has 2 aliphatic rings. The molecule has 0 aromatic carbocycles. The Morgan fingerprint density at radius 1 is 1.33 bits per heavy atom. The standard InChI is InChI=1S/C14H17N3O3S/c1-9-15-10(8-21-9)4-7-17-12(19)14(5-2-3-6-14)11(18)16-13(17)20/h8H,2-7H2,1H3,(H,16,18,20). The quantitative estimate of drug-likeness (QED) is 0.861. The Balaban J connectivity index is 1.75. The number of barbiturate groups is 1. The highest BCUT2D eigenvalue weighted by atomic mass is 32.1. The third-order valence-electron chi connectivity index (χ3n) is 4.27. The fraction of sp³-hybridized carbons (Fsp3) is 0.571. The van der Waals surface area contributed by atoms with E-state index in [1.807, 2.05) is 12.3 Å². The van der Waals surface area contributed by atoms with Crippen LogP contribution in [0, 0.1) is 12.3 Å². The average molecular weight is 307 g/mol. The van der Waals surface area contributed by atoms with E-state index in [1.54, 1.807) is 11.3 Å². The number of nitrogens with zero attached hydrogens (tertiary/aromatic N) is 2. The van der Waals surface area contributed by atoms with Gasteiger partial charge in [-0.1, -0.05) is 12.8 Å². The van der Waals surface area contributed by atoms with Gasteiger partial charge in [-0.3, -0.25) is 19.8 Å². The molecule has 1 aromatic heterocycles. The van der Waals surface area contributed by atoms with Gasteiger partial charge in [-0.15, -0.1) is 11.3 Å². The smallest absolute Gasteiger partial charge is 0.277 e. The maximum Gasteiger partial charge on any atom is 0.330 e. The second-order valence-corrected chi connectivity index (χ2v) is 6.68. The molecule has 4 amide bonds. The summed E-state index contributed by atoms with van der Waals surface area (Å²) in [5, 5.41) is 5.23. The van der Waals surface area contributed by atoms with Crippen molar-refractivity contribution in [2.75, 3.05) is 6.54 Å². The number of carbonyl (C=O) groups is 3. The summed E-state index contributed by atoms with van der Waals surface area (Å²) in [7, 11) is 0. The van der Waals surface area contributed by atoms with E-state index in [0.717, 1.165) is 23.5 Å². The van der Waals surface area contributed by atoms with Gasteiger partial charge < -0.3 is 0 Å². The lowest BCUT2D eigenvalue weighted by atomic mass is 9.82. The van der Waals surface area contributed by atoms with Crippen LogP contribution in [0.15, 0.2) is 5.38 Å². The second kappa shape index (κ2) is 5.22. The summed E-state index contributed by atoms with van der Waals surface area (Å²) < 4.78 is 0. The van der Waals surface area contributed by atoms with Gasteiger partial charge in [0.15, 0.2) is 0 Å². The van der Waals surface area contributed by atoms with Crippen LogP contribution >= 0.6 is 11.3 Å². The van der Waals surface area contributed by atoms with Crippen molar-refractivity contribution in [3.05, 3.63) is 16.1 Å². The van der Waals surface area contributed by atoms with Crippen molar-refractivity contribution in [3.8, 4) is 0 Å². The minimum absolute atomic E-state index is 0.267. The zero-order valence-electron chi connectivity index (χ0n) is 11.8. The van der Waals surface area contributed by atoms with E-state index in [0.29, 0.717) is 19.3 Å². The van der Waals surface area contributed by atoms with Crippen molar-refractivity contribution >= 4 is 29.2 Å². The van der Waals surface area contributed by atoms with Crippen molar-refractivity contribution in [2.24, 2.45) is 5.41 Å². The van der Waals surface area contributed by atoms with Crippen LogP contribution in [-0.4, -0.2) is 34.3 Å². The fourth-order valence-corrected chi connectivity index (χ4v) is 3.75. The minimum atomic E-state index is -1.01. The summed E-state index contributed by atoms with van der Waals surface area (Å²) in [6, 6.07) is -0.602. The van der Waals surface area contributed by atoms with Crippen molar-refractivity contribution in [3.63, 3.8) is 0 Å². The van der Waals surface area contributed by atoms with E-state index in [2.05, 4.69) is 10.3 Å². The molecule has 0 unspecified atom stereocenters. The van der Waals surface area contributed by atoms with Gasteiger partial charge in [0.1, 0.15) is 5.41 Å². The topological polar surface area (TPSA) is 79.4 Å². The molecule has 0 atom stereocenters. The number of nitrogens with one attached hydrogen (secondary N) is 1. The van der Waals surface area contributed by atoms with E-state index in [4.69, 9.17) is 0 Å². The maximum atomic E-state index is 12.6. The second-order valence-electron chi connectivity index (χ2n) is 5.61. The summed E-state index contributed by atoms with van der Waals surface area (Å²) in [5.74, 6) is -0.753. The van der Waals surface area contributed by atoms with Crippen LogP contribution in [0.3, 0.4) is 0 Å². The summed E-state index contributed by atoms with van der Waals surface area (Å²) in [6.07, 6.45) is 3.31. The number of urea groups is 1. The largest absolute Gasteiger partial charge is 0.330 e. The summed E-state index contributed by atoms with van der Waals surface area (Å²) in [4.78, 5) is 42.1. The van der Waals surface area contributed by atoms with E-state index in [1.165, 1.54) is 4.90 Å². The van der Waals surface area contributed by atoms with E-state index in [9.17, 15) is 14.4 Å². The van der Waals surface area contributed by atoms with Crippen LogP contribution in [0.25, 0.3) is 0 Å². The van der Waals surface area contributed by atoms with Crippen LogP contribution < -0.4 is 5.32 Å². The highest BCUT2D eigenvalue weighted by Gasteiger charge is 2.54. The van der Waals surface area contributed by atoms with Crippen molar-refractivity contribution in [1.29, 1.82) is 0 Å². The molecule has 0 radical (unpaired) electrons. The van der Waals surface area contributed by atoms with E-state index in [-0.39, 0.29) is 12.5 Å². The Bertz CT molecular complexity index is 604. The van der Waals surface area contributed by atoms with Gasteiger partial charge in [0.25, 0.3) is 0 Å². The molecule has 0 bridgehead atoms. The lowest BCUT2D eigenvalue weighted by molar-refractivity contribution is -0.151. The van der Waals surface area contributed by atoms with Crippen LogP contribution in [0.5, 0.6) is 0 Å². The third-order valence-corrected chi connectivity index (χ3v) is 5.09. The van der Waals surface area contributed by atoms with E-state index < -0.39 is 17.4 Å². The Kier molecular flexibility index (Phi) is 3.52. The molecule has 1 aliphatic heterocycles. The first-order chi connectivity index (χ1) is 10.0. The zero-order chi connectivity index (χ0) is 15.0. The first-order valence-corrected chi connectivity index (χ1v) is 7.99. The summed E-state index contributed by atoms with van der Waals surface area (Å²) >= 11 is 1.54. The molecule has 1 aromatic rings. The SMILES string of the molecule is Cc1nc(CCN2C(=O)NC(=O)C3(CCCC3)C2=O)cs1. The van der Waals surface area contributed by atoms with Crippen molar-refractivity contribution in [2.45, 2.75) is 39.0 Å². The van der Waals surface area contributed by atoms with Gasteiger partial charge in [0.05, 0.1) is 10.7 Å². The maximum absolute atomic E-state index is 12.6. The van der Waals surface area contributed by atoms with Crippen molar-refractivity contribution in [1.82, 2.24) is 15.2 Å². The Morgan fingerprint density at radius 2 is 2.05 bits per heavy atom. The van der Waals surface area contributed by atoms with E-state index >= 15 is 0 Å². The molecule has 2 heterocycles. The lowest BCUT2D eigenvalue weighted by Crippen LogP contribution is -2.63. The molecule has 112 valence electrons. The first kappa shape index (κ1) is 14.2. The van der Waals surface area contributed by atoms with Crippen molar-refractivity contribution < 1.29 is 14.4 Å². The first-order valence-electron chi connectivity index (χ1n) is 7.11. The molecular weight excluding hydrogens is 290 g/mol. The zero-order valence-corrected chi connectivity index (χ0v) is 12.7. The minimum Gasteiger partial charge on any atom is -0.277 e. The summed E-state index contributed by atoms with van der Waals surface area (Å²) in [5.41, 5.74) is -0.137. The monoisotopic (exact) mass is 307 g/mol. The molecule has 2 fully saturated rings. The summed E-state index contributed by atoms with van der Waals surface area (Å²) in [6.45, 7) is 2.18. The van der Waals surface area contributed by atoms with Crippen LogP contribution in [-0.2, 0) is 16.0 Å². The lowest BCUT2D eigenvalue weighted by Gasteiger charge is -2.36. The molecular formula is C14H17N3O3S. The molecule has 1 aliphatic carbocycles. The molecule has 6 nitrogen and oxygen atoms in total. The Hall–Kier alpha value is -1.76. The van der Waals surface area contributed by atoms with Gasteiger partial charge in [0, 0.05) is 18.3 Å². The number of amides is 4. The Morgan fingerprint density at radius 3 is 2.67 bits per heavy atom. The number of hydrogen-bond acceptors (Lipinski definition) is 5.